The van der Waals surface area contributed by atoms with E-state index < -0.39 is 36.0 Å². The van der Waals surface area contributed by atoms with Crippen LogP contribution in [0.3, 0.4) is 0 Å². The molecule has 1 aliphatic heterocycles. The van der Waals surface area contributed by atoms with Crippen molar-refractivity contribution in [3.05, 3.63) is 120 Å². The van der Waals surface area contributed by atoms with Crippen molar-refractivity contribution < 1.29 is 38.1 Å². The van der Waals surface area contributed by atoms with Crippen molar-refractivity contribution in [1.82, 2.24) is 19.5 Å². The molecule has 0 spiro atoms. The maximum absolute atomic E-state index is 13.0. The second-order valence-corrected chi connectivity index (χ2v) is 11.5. The number of amides is 1. The average Bonchev–Trinajstić information content (AvgIpc) is 3.67. The molecule has 0 saturated carbocycles. The molecule has 0 bridgehead atoms. The summed E-state index contributed by atoms with van der Waals surface area (Å²) in [5, 5.41) is 2.79. The number of nitrogens with zero attached hydrogens (tertiary/aromatic N) is 4. The van der Waals surface area contributed by atoms with Crippen LogP contribution in [0.25, 0.3) is 11.2 Å². The number of hydrogen-bond donors (Lipinski definition) is 1. The number of carbonyl (C=O) groups excluding carboxylic acids is 3. The molecule has 13 heteroatoms. The number of hydrogen-bond acceptors (Lipinski definition) is 11. The van der Waals surface area contributed by atoms with Crippen LogP contribution in [0.2, 0.25) is 0 Å². The number of fused-ring (bicyclic) bond motifs is 1. The SMILES string of the molecule is CC(=O)OC[C@]1(COCc2ccccc2)OC(n2cnc3c(NC(=O)c4ccccc4)ncnc32)[C@H](OC(C)=O)[C@@H]1OCc1ccccc1. The molecule has 0 aliphatic carbocycles. The quantitative estimate of drug-likeness (QED) is 0.175. The Morgan fingerprint density at radius 1 is 0.816 bits per heavy atom. The van der Waals surface area contributed by atoms with E-state index in [9.17, 15) is 14.4 Å². The number of rotatable bonds is 13. The molecule has 2 aromatic heterocycles. The van der Waals surface area contributed by atoms with Gasteiger partial charge in [0.2, 0.25) is 0 Å². The molecule has 252 valence electrons. The molecule has 3 aromatic carbocycles. The number of anilines is 1. The minimum atomic E-state index is -1.45. The number of ether oxygens (including phenoxy) is 5. The molecule has 1 fully saturated rings. The molecule has 49 heavy (non-hydrogen) atoms. The molecule has 5 aromatic rings. The fraction of sp³-hybridized carbons (Fsp3) is 0.278. The molecule has 4 atom stereocenters. The van der Waals surface area contributed by atoms with Crippen LogP contribution in [-0.2, 0) is 46.5 Å². The van der Waals surface area contributed by atoms with Crippen LogP contribution in [0.1, 0.15) is 41.6 Å². The van der Waals surface area contributed by atoms with Gasteiger partial charge in [-0.1, -0.05) is 78.9 Å². The molecule has 1 saturated heterocycles. The van der Waals surface area contributed by atoms with Crippen molar-refractivity contribution in [2.24, 2.45) is 0 Å². The molecule has 0 radical (unpaired) electrons. The molecule has 1 N–H and O–H groups in total. The van der Waals surface area contributed by atoms with E-state index in [0.29, 0.717) is 5.56 Å². The highest BCUT2D eigenvalue weighted by atomic mass is 16.7. The third-order valence-electron chi connectivity index (χ3n) is 7.91. The van der Waals surface area contributed by atoms with Gasteiger partial charge in [0.25, 0.3) is 5.91 Å². The van der Waals surface area contributed by atoms with Gasteiger partial charge in [0.1, 0.15) is 19.0 Å². The minimum absolute atomic E-state index is 0.0944. The van der Waals surface area contributed by atoms with Crippen LogP contribution in [0.5, 0.6) is 0 Å². The lowest BCUT2D eigenvalue weighted by atomic mass is 9.96. The maximum Gasteiger partial charge on any atom is 0.303 e. The monoisotopic (exact) mass is 665 g/mol. The van der Waals surface area contributed by atoms with Gasteiger partial charge in [0.15, 0.2) is 34.9 Å². The van der Waals surface area contributed by atoms with Gasteiger partial charge in [-0.25, -0.2) is 15.0 Å². The van der Waals surface area contributed by atoms with Gasteiger partial charge in [-0.15, -0.1) is 0 Å². The van der Waals surface area contributed by atoms with Gasteiger partial charge in [-0.05, 0) is 23.3 Å². The minimum Gasteiger partial charge on any atom is -0.463 e. The topological polar surface area (TPSA) is 153 Å². The highest BCUT2D eigenvalue weighted by Gasteiger charge is 2.60. The molecular formula is C36H35N5O8. The molecule has 13 nitrogen and oxygen atoms in total. The lowest BCUT2D eigenvalue weighted by Crippen LogP contribution is -2.53. The zero-order chi connectivity index (χ0) is 34.2. The summed E-state index contributed by atoms with van der Waals surface area (Å²) in [5.41, 5.74) is 1.33. The van der Waals surface area contributed by atoms with Crippen molar-refractivity contribution in [3.63, 3.8) is 0 Å². The predicted octanol–water partition coefficient (Wildman–Crippen LogP) is 4.64. The Morgan fingerprint density at radius 2 is 1.47 bits per heavy atom. The zero-order valence-electron chi connectivity index (χ0n) is 26.9. The van der Waals surface area contributed by atoms with Crippen molar-refractivity contribution in [2.45, 2.75) is 51.1 Å². The normalized spacial score (nSPS) is 20.2. The van der Waals surface area contributed by atoms with Crippen molar-refractivity contribution in [2.75, 3.05) is 18.5 Å². The first kappa shape index (κ1) is 33.4. The molecule has 6 rings (SSSR count). The number of esters is 2. The van der Waals surface area contributed by atoms with Crippen molar-refractivity contribution in [3.8, 4) is 0 Å². The Kier molecular flexibility index (Phi) is 10.3. The number of nitrogens with one attached hydrogen (secondary N) is 1. The highest BCUT2D eigenvalue weighted by Crippen LogP contribution is 2.43. The standard InChI is InChI=1S/C36H35N5O8/c1-24(42)47-21-36(20-45-18-26-12-6-3-7-13-26)31(46-19-27-14-8-4-9-15-27)30(48-25(2)43)35(49-36)41-23-39-29-32(37-22-38-33(29)41)40-34(44)28-16-10-5-11-17-28/h3-17,22-23,30-31,35H,18-21H2,1-2H3,(H,37,38,40,44)/t30-,31+,35?,36+/m1/s1. The van der Waals surface area contributed by atoms with E-state index in [2.05, 4.69) is 20.3 Å². The first-order chi connectivity index (χ1) is 23.8. The van der Waals surface area contributed by atoms with Crippen LogP contribution >= 0.6 is 0 Å². The number of aromatic nitrogens is 4. The average molecular weight is 666 g/mol. The van der Waals surface area contributed by atoms with Gasteiger partial charge in [0.05, 0.1) is 26.1 Å². The summed E-state index contributed by atoms with van der Waals surface area (Å²) in [7, 11) is 0. The summed E-state index contributed by atoms with van der Waals surface area (Å²) in [4.78, 5) is 51.0. The zero-order valence-corrected chi connectivity index (χ0v) is 26.9. The largest absolute Gasteiger partial charge is 0.463 e. The van der Waals surface area contributed by atoms with Crippen LogP contribution in [0, 0.1) is 0 Å². The summed E-state index contributed by atoms with van der Waals surface area (Å²) in [6.07, 6.45) is -0.395. The van der Waals surface area contributed by atoms with Crippen LogP contribution in [0.4, 0.5) is 5.82 Å². The van der Waals surface area contributed by atoms with E-state index in [1.165, 1.54) is 26.5 Å². The summed E-state index contributed by atoms with van der Waals surface area (Å²) < 4.78 is 32.6. The lowest BCUT2D eigenvalue weighted by molar-refractivity contribution is -0.189. The number of carbonyl (C=O) groups is 3. The molecule has 1 amide bonds. The van der Waals surface area contributed by atoms with Crippen LogP contribution in [0.15, 0.2) is 104 Å². The van der Waals surface area contributed by atoms with Gasteiger partial charge < -0.3 is 29.0 Å². The molecule has 1 aliphatic rings. The molecule has 3 heterocycles. The summed E-state index contributed by atoms with van der Waals surface area (Å²) in [6.45, 7) is 2.57. The van der Waals surface area contributed by atoms with Gasteiger partial charge in [-0.3, -0.25) is 19.0 Å². The maximum atomic E-state index is 13.0. The van der Waals surface area contributed by atoms with Crippen molar-refractivity contribution in [1.29, 1.82) is 0 Å². The Bertz CT molecular complexity index is 1890. The fourth-order valence-corrected chi connectivity index (χ4v) is 5.67. The first-order valence-corrected chi connectivity index (χ1v) is 15.6. The summed E-state index contributed by atoms with van der Waals surface area (Å²) >= 11 is 0. The Morgan fingerprint density at radius 3 is 2.12 bits per heavy atom. The van der Waals surface area contributed by atoms with Gasteiger partial charge >= 0.3 is 11.9 Å². The number of imidazole rings is 1. The van der Waals surface area contributed by atoms with Gasteiger partial charge in [-0.2, -0.15) is 0 Å². The lowest BCUT2D eigenvalue weighted by Gasteiger charge is -2.34. The molecular weight excluding hydrogens is 630 g/mol. The van der Waals surface area contributed by atoms with E-state index in [4.69, 9.17) is 23.7 Å². The third-order valence-corrected chi connectivity index (χ3v) is 7.91. The summed E-state index contributed by atoms with van der Waals surface area (Å²) in [6, 6.07) is 27.7. The Hall–Kier alpha value is -5.50. The summed E-state index contributed by atoms with van der Waals surface area (Å²) in [5.74, 6) is -1.33. The third kappa shape index (κ3) is 7.81. The number of benzene rings is 3. The molecule has 1 unspecified atom stereocenters. The van der Waals surface area contributed by atoms with E-state index in [-0.39, 0.29) is 49.3 Å². The van der Waals surface area contributed by atoms with E-state index in [1.54, 1.807) is 28.8 Å². The first-order valence-electron chi connectivity index (χ1n) is 15.6. The van der Waals surface area contributed by atoms with E-state index >= 15 is 0 Å². The van der Waals surface area contributed by atoms with E-state index in [1.807, 2.05) is 66.7 Å². The van der Waals surface area contributed by atoms with E-state index in [0.717, 1.165) is 11.1 Å². The smallest absolute Gasteiger partial charge is 0.303 e. The highest BCUT2D eigenvalue weighted by molar-refractivity contribution is 6.06. The predicted molar refractivity (Wildman–Crippen MR) is 176 cm³/mol. The van der Waals surface area contributed by atoms with Crippen molar-refractivity contribution >= 4 is 34.8 Å². The fourth-order valence-electron chi connectivity index (χ4n) is 5.67. The second-order valence-electron chi connectivity index (χ2n) is 11.5. The van der Waals surface area contributed by atoms with Gasteiger partial charge in [0, 0.05) is 19.4 Å². The second kappa shape index (κ2) is 15.2. The Labute approximate surface area is 282 Å². The Balaban J connectivity index is 1.38. The van der Waals surface area contributed by atoms with Crippen LogP contribution in [-0.4, -0.2) is 68.4 Å². The van der Waals surface area contributed by atoms with Crippen LogP contribution < -0.4 is 5.32 Å².